The molecule has 8 nitrogen and oxygen atoms in total. The largest absolute Gasteiger partial charge is 0.493 e. The van der Waals surface area contributed by atoms with Crippen molar-refractivity contribution in [2.75, 3.05) is 19.1 Å². The lowest BCUT2D eigenvalue weighted by Crippen LogP contribution is -2.40. The Kier molecular flexibility index (Phi) is 8.47. The number of rotatable bonds is 10. The van der Waals surface area contributed by atoms with E-state index in [0.717, 1.165) is 36.8 Å². The molecule has 0 aromatic heterocycles. The first-order valence-electron chi connectivity index (χ1n) is 14.0. The SMILES string of the molecule is COc1ccc(N(C(=O)C2=Cc3ccccc3C2)C(C(=O)CC2CCCCC2)c2ccc([N+](=O)[O-])cc2)cc1OC. The highest BCUT2D eigenvalue weighted by Crippen LogP contribution is 2.39. The molecule has 41 heavy (non-hydrogen) atoms. The fourth-order valence-electron chi connectivity index (χ4n) is 5.98. The summed E-state index contributed by atoms with van der Waals surface area (Å²) in [5, 5.41) is 11.4. The van der Waals surface area contributed by atoms with Crippen molar-refractivity contribution >= 4 is 29.1 Å². The van der Waals surface area contributed by atoms with Crippen LogP contribution in [0.3, 0.4) is 0 Å². The minimum Gasteiger partial charge on any atom is -0.493 e. The third-order valence-electron chi connectivity index (χ3n) is 8.10. The van der Waals surface area contributed by atoms with E-state index in [2.05, 4.69) is 0 Å². The van der Waals surface area contributed by atoms with Gasteiger partial charge in [-0.2, -0.15) is 0 Å². The second-order valence-corrected chi connectivity index (χ2v) is 10.7. The van der Waals surface area contributed by atoms with Crippen molar-refractivity contribution in [3.8, 4) is 11.5 Å². The molecular formula is C33H34N2O6. The topological polar surface area (TPSA) is 99.0 Å². The van der Waals surface area contributed by atoms with E-state index in [1.807, 2.05) is 30.3 Å². The van der Waals surface area contributed by atoms with Crippen LogP contribution in [0.5, 0.6) is 11.5 Å². The number of ketones is 1. The van der Waals surface area contributed by atoms with Gasteiger partial charge in [0.2, 0.25) is 0 Å². The zero-order valence-corrected chi connectivity index (χ0v) is 23.4. The van der Waals surface area contributed by atoms with Crippen molar-refractivity contribution in [3.63, 3.8) is 0 Å². The summed E-state index contributed by atoms with van der Waals surface area (Å²) < 4.78 is 11.0. The second kappa shape index (κ2) is 12.4. The average molecular weight is 555 g/mol. The number of fused-ring (bicyclic) bond motifs is 1. The summed E-state index contributed by atoms with van der Waals surface area (Å²) >= 11 is 0. The average Bonchev–Trinajstić information content (AvgIpc) is 3.44. The molecule has 1 unspecified atom stereocenters. The molecule has 0 bridgehead atoms. The lowest BCUT2D eigenvalue weighted by molar-refractivity contribution is -0.384. The van der Waals surface area contributed by atoms with Gasteiger partial charge in [0.25, 0.3) is 11.6 Å². The standard InChI is InChI=1S/C33H34N2O6/c1-40-30-17-16-28(21-31(30)41-2)34(33(37)26-19-24-10-6-7-11-25(24)20-26)32(23-12-14-27(15-13-23)35(38)39)29(36)18-22-8-4-3-5-9-22/h6-7,10-17,19,21-22,32H,3-5,8-9,18,20H2,1-2H3. The highest BCUT2D eigenvalue weighted by atomic mass is 16.6. The number of hydrogen-bond donors (Lipinski definition) is 0. The van der Waals surface area contributed by atoms with Crippen molar-refractivity contribution in [2.45, 2.75) is 51.0 Å². The molecule has 0 N–H and O–H groups in total. The van der Waals surface area contributed by atoms with Crippen LogP contribution in [0.25, 0.3) is 6.08 Å². The number of amides is 1. The summed E-state index contributed by atoms with van der Waals surface area (Å²) in [6.07, 6.45) is 7.95. The summed E-state index contributed by atoms with van der Waals surface area (Å²) in [5.74, 6) is 0.776. The van der Waals surface area contributed by atoms with Gasteiger partial charge in [0.05, 0.1) is 19.1 Å². The van der Waals surface area contributed by atoms with Gasteiger partial charge in [0.15, 0.2) is 17.3 Å². The highest BCUT2D eigenvalue weighted by Gasteiger charge is 2.36. The molecule has 0 radical (unpaired) electrons. The molecule has 1 saturated carbocycles. The van der Waals surface area contributed by atoms with Crippen molar-refractivity contribution in [1.29, 1.82) is 0 Å². The van der Waals surface area contributed by atoms with Crippen LogP contribution in [0.15, 0.2) is 72.3 Å². The Bertz CT molecular complexity index is 1470. The minimum atomic E-state index is -0.979. The number of ether oxygens (including phenoxy) is 2. The van der Waals surface area contributed by atoms with E-state index in [9.17, 15) is 19.7 Å². The van der Waals surface area contributed by atoms with Crippen LogP contribution < -0.4 is 14.4 Å². The Balaban J connectivity index is 1.62. The van der Waals surface area contributed by atoms with Gasteiger partial charge in [-0.15, -0.1) is 0 Å². The zero-order valence-electron chi connectivity index (χ0n) is 23.4. The van der Waals surface area contributed by atoms with Gasteiger partial charge in [-0.1, -0.05) is 56.4 Å². The smallest absolute Gasteiger partial charge is 0.269 e. The molecule has 2 aliphatic rings. The van der Waals surface area contributed by atoms with E-state index in [0.29, 0.717) is 41.2 Å². The third-order valence-corrected chi connectivity index (χ3v) is 8.10. The Labute approximate surface area is 239 Å². The van der Waals surface area contributed by atoms with Gasteiger partial charge >= 0.3 is 0 Å². The van der Waals surface area contributed by atoms with E-state index < -0.39 is 11.0 Å². The molecule has 1 amide bonds. The number of hydrogen-bond acceptors (Lipinski definition) is 6. The molecule has 0 heterocycles. The first-order valence-corrected chi connectivity index (χ1v) is 14.0. The summed E-state index contributed by atoms with van der Waals surface area (Å²) in [7, 11) is 3.06. The number of nitro benzene ring substituents is 1. The van der Waals surface area contributed by atoms with E-state index >= 15 is 0 Å². The van der Waals surface area contributed by atoms with Crippen molar-refractivity contribution < 1.29 is 24.0 Å². The fraction of sp³-hybridized carbons (Fsp3) is 0.333. The Hall–Kier alpha value is -4.46. The molecule has 2 aliphatic carbocycles. The van der Waals surface area contributed by atoms with Gasteiger partial charge in [0, 0.05) is 42.3 Å². The van der Waals surface area contributed by atoms with Gasteiger partial charge in [-0.3, -0.25) is 24.6 Å². The number of methoxy groups -OCH3 is 2. The van der Waals surface area contributed by atoms with Gasteiger partial charge in [-0.25, -0.2) is 0 Å². The molecule has 0 saturated heterocycles. The molecule has 3 aromatic carbocycles. The lowest BCUT2D eigenvalue weighted by Gasteiger charge is -2.33. The summed E-state index contributed by atoms with van der Waals surface area (Å²) in [4.78, 5) is 41.2. The Morgan fingerprint density at radius 3 is 2.32 bits per heavy atom. The molecule has 3 aromatic rings. The highest BCUT2D eigenvalue weighted by molar-refractivity contribution is 6.13. The molecule has 0 spiro atoms. The summed E-state index contributed by atoms with van der Waals surface area (Å²) in [5.41, 5.74) is 3.51. The maximum atomic E-state index is 14.5. The molecule has 212 valence electrons. The first-order chi connectivity index (χ1) is 19.9. The molecule has 0 aliphatic heterocycles. The number of nitro groups is 1. The normalized spacial score (nSPS) is 15.4. The number of anilines is 1. The third kappa shape index (κ3) is 6.01. The van der Waals surface area contributed by atoms with Crippen LogP contribution in [-0.4, -0.2) is 30.8 Å². The maximum absolute atomic E-state index is 14.5. The summed E-state index contributed by atoms with van der Waals surface area (Å²) in [6.45, 7) is 0. The van der Waals surface area contributed by atoms with E-state index in [1.54, 1.807) is 30.3 Å². The zero-order chi connectivity index (χ0) is 28.9. The predicted octanol–water partition coefficient (Wildman–Crippen LogP) is 6.87. The van der Waals surface area contributed by atoms with E-state index in [1.165, 1.54) is 37.7 Å². The molecule has 1 fully saturated rings. The van der Waals surface area contributed by atoms with Crippen LogP contribution in [0.2, 0.25) is 0 Å². The number of carbonyl (C=O) groups excluding carboxylic acids is 2. The van der Waals surface area contributed by atoms with E-state index in [-0.39, 0.29) is 23.3 Å². The lowest BCUT2D eigenvalue weighted by atomic mass is 9.83. The minimum absolute atomic E-state index is 0.0785. The van der Waals surface area contributed by atoms with Gasteiger partial charge in [0.1, 0.15) is 6.04 Å². The number of carbonyl (C=O) groups is 2. The Morgan fingerprint density at radius 2 is 1.66 bits per heavy atom. The molecule has 5 rings (SSSR count). The monoisotopic (exact) mass is 554 g/mol. The van der Waals surface area contributed by atoms with Crippen LogP contribution in [-0.2, 0) is 16.0 Å². The predicted molar refractivity (Wildman–Crippen MR) is 157 cm³/mol. The van der Waals surface area contributed by atoms with Crippen LogP contribution in [0.4, 0.5) is 11.4 Å². The maximum Gasteiger partial charge on any atom is 0.269 e. The van der Waals surface area contributed by atoms with E-state index in [4.69, 9.17) is 9.47 Å². The number of non-ortho nitro benzene ring substituents is 1. The van der Waals surface area contributed by atoms with Crippen LogP contribution in [0, 0.1) is 16.0 Å². The number of Topliss-reactive ketones (excluding diaryl/α,β-unsaturated/α-hetero) is 1. The summed E-state index contributed by atoms with van der Waals surface area (Å²) in [6, 6.07) is 18.0. The first kappa shape index (κ1) is 28.1. The van der Waals surface area contributed by atoms with Crippen molar-refractivity contribution in [2.24, 2.45) is 5.92 Å². The van der Waals surface area contributed by atoms with Gasteiger partial charge in [-0.05, 0) is 52.9 Å². The molecular weight excluding hydrogens is 520 g/mol. The second-order valence-electron chi connectivity index (χ2n) is 10.7. The molecule has 1 atom stereocenters. The number of nitrogens with zero attached hydrogens (tertiary/aromatic N) is 2. The van der Waals surface area contributed by atoms with Gasteiger partial charge < -0.3 is 9.47 Å². The number of benzene rings is 3. The van der Waals surface area contributed by atoms with Crippen LogP contribution >= 0.6 is 0 Å². The quantitative estimate of drug-likeness (QED) is 0.200. The van der Waals surface area contributed by atoms with Crippen molar-refractivity contribution in [3.05, 3.63) is 99.1 Å². The molecule has 8 heteroatoms. The van der Waals surface area contributed by atoms with Crippen LogP contribution in [0.1, 0.15) is 61.3 Å². The Morgan fingerprint density at radius 1 is 0.951 bits per heavy atom. The fourth-order valence-corrected chi connectivity index (χ4v) is 5.98. The van der Waals surface area contributed by atoms with Crippen molar-refractivity contribution in [1.82, 2.24) is 0 Å².